The van der Waals surface area contributed by atoms with Crippen molar-refractivity contribution in [3.05, 3.63) is 41.5 Å². The van der Waals surface area contributed by atoms with Gasteiger partial charge in [0, 0.05) is 18.1 Å². The lowest BCUT2D eigenvalue weighted by molar-refractivity contribution is 0.411. The summed E-state index contributed by atoms with van der Waals surface area (Å²) in [4.78, 5) is 0. The summed E-state index contributed by atoms with van der Waals surface area (Å²) in [5, 5.41) is 7.75. The van der Waals surface area contributed by atoms with E-state index in [0.717, 1.165) is 24.3 Å². The van der Waals surface area contributed by atoms with Crippen LogP contribution in [-0.4, -0.2) is 12.8 Å². The highest BCUT2D eigenvalue weighted by Crippen LogP contribution is 2.32. The molecule has 84 valence electrons. The van der Waals surface area contributed by atoms with E-state index in [1.165, 1.54) is 11.1 Å². The number of hydrogen-bond acceptors (Lipinski definition) is 2. The predicted molar refractivity (Wildman–Crippen MR) is 66.6 cm³/mol. The summed E-state index contributed by atoms with van der Waals surface area (Å²) >= 11 is 0. The van der Waals surface area contributed by atoms with Gasteiger partial charge < -0.3 is 10.1 Å². The summed E-state index contributed by atoms with van der Waals surface area (Å²) in [6.45, 7) is 2.08. The van der Waals surface area contributed by atoms with Crippen LogP contribution in [-0.2, 0) is 0 Å². The maximum absolute atomic E-state index is 7.75. The molecule has 0 heterocycles. The zero-order valence-electron chi connectivity index (χ0n) is 9.79. The lowest BCUT2D eigenvalue weighted by Crippen LogP contribution is -2.09. The van der Waals surface area contributed by atoms with Crippen LogP contribution in [0, 0.1) is 12.3 Å². The van der Waals surface area contributed by atoms with Crippen LogP contribution < -0.4 is 4.74 Å². The third-order valence-corrected chi connectivity index (χ3v) is 3.14. The average molecular weight is 215 g/mol. The molecule has 0 radical (unpaired) electrons. The van der Waals surface area contributed by atoms with E-state index in [1.807, 2.05) is 12.1 Å². The molecular weight excluding hydrogens is 198 g/mol. The molecule has 0 spiro atoms. The second-order valence-electron chi connectivity index (χ2n) is 4.22. The molecule has 1 atom stereocenters. The maximum Gasteiger partial charge on any atom is 0.122 e. The molecule has 16 heavy (non-hydrogen) atoms. The highest BCUT2D eigenvalue weighted by atomic mass is 16.5. The summed E-state index contributed by atoms with van der Waals surface area (Å²) in [5.41, 5.74) is 3.28. The molecule has 2 heteroatoms. The van der Waals surface area contributed by atoms with Crippen molar-refractivity contribution in [3.8, 4) is 5.75 Å². The van der Waals surface area contributed by atoms with E-state index < -0.39 is 0 Å². The number of methoxy groups -OCH3 is 1. The van der Waals surface area contributed by atoms with Gasteiger partial charge in [-0.15, -0.1) is 0 Å². The first-order chi connectivity index (χ1) is 7.72. The van der Waals surface area contributed by atoms with Gasteiger partial charge in [-0.05, 0) is 30.5 Å². The molecule has 0 unspecified atom stereocenters. The molecule has 2 rings (SSSR count). The standard InChI is InChI=1S/C14H17NO/c1-10-13(7-4-8-14(10)16-2)11-5-3-6-12(15)9-11/h3-5,7-8,11,15H,6,9H2,1-2H3/t11-/m0/s1. The highest BCUT2D eigenvalue weighted by Gasteiger charge is 2.17. The average Bonchev–Trinajstić information content (AvgIpc) is 2.29. The SMILES string of the molecule is COc1cccc([C@H]2C=CCC(=N)C2)c1C. The van der Waals surface area contributed by atoms with Crippen molar-refractivity contribution in [3.63, 3.8) is 0 Å². The number of rotatable bonds is 2. The van der Waals surface area contributed by atoms with E-state index in [2.05, 4.69) is 25.1 Å². The summed E-state index contributed by atoms with van der Waals surface area (Å²) < 4.78 is 5.33. The molecule has 0 aromatic heterocycles. The van der Waals surface area contributed by atoms with Crippen molar-refractivity contribution < 1.29 is 4.74 Å². The second kappa shape index (κ2) is 4.52. The Hall–Kier alpha value is -1.57. The van der Waals surface area contributed by atoms with Gasteiger partial charge in [-0.25, -0.2) is 0 Å². The zero-order valence-corrected chi connectivity index (χ0v) is 9.79. The number of benzene rings is 1. The van der Waals surface area contributed by atoms with Crippen LogP contribution in [0.15, 0.2) is 30.4 Å². The van der Waals surface area contributed by atoms with E-state index in [-0.39, 0.29) is 0 Å². The van der Waals surface area contributed by atoms with Gasteiger partial charge in [0.1, 0.15) is 5.75 Å². The predicted octanol–water partition coefficient (Wildman–Crippen LogP) is 3.46. The molecule has 0 saturated heterocycles. The normalized spacial score (nSPS) is 19.9. The van der Waals surface area contributed by atoms with Crippen LogP contribution in [0.3, 0.4) is 0 Å². The molecule has 0 amide bonds. The second-order valence-corrected chi connectivity index (χ2v) is 4.22. The van der Waals surface area contributed by atoms with Crippen LogP contribution in [0.25, 0.3) is 0 Å². The Morgan fingerprint density at radius 3 is 2.88 bits per heavy atom. The van der Waals surface area contributed by atoms with Crippen LogP contribution in [0.5, 0.6) is 5.75 Å². The summed E-state index contributed by atoms with van der Waals surface area (Å²) in [6.07, 6.45) is 5.94. The van der Waals surface area contributed by atoms with Gasteiger partial charge in [0.05, 0.1) is 7.11 Å². The topological polar surface area (TPSA) is 33.1 Å². The van der Waals surface area contributed by atoms with E-state index in [1.54, 1.807) is 7.11 Å². The van der Waals surface area contributed by atoms with E-state index >= 15 is 0 Å². The molecule has 1 aromatic carbocycles. The van der Waals surface area contributed by atoms with Crippen molar-refractivity contribution in [2.75, 3.05) is 7.11 Å². The Labute approximate surface area is 96.5 Å². The minimum atomic E-state index is 0.344. The quantitative estimate of drug-likeness (QED) is 0.753. The number of nitrogens with one attached hydrogen (secondary N) is 1. The Bertz CT molecular complexity index is 434. The summed E-state index contributed by atoms with van der Waals surface area (Å²) in [5.74, 6) is 1.28. The molecule has 0 saturated carbocycles. The van der Waals surface area contributed by atoms with Crippen molar-refractivity contribution in [2.45, 2.75) is 25.7 Å². The highest BCUT2D eigenvalue weighted by molar-refractivity contribution is 5.85. The monoisotopic (exact) mass is 215 g/mol. The Kier molecular flexibility index (Phi) is 3.09. The van der Waals surface area contributed by atoms with Crippen LogP contribution in [0.2, 0.25) is 0 Å². The molecule has 0 bridgehead atoms. The molecule has 0 aliphatic heterocycles. The van der Waals surface area contributed by atoms with Crippen LogP contribution in [0.4, 0.5) is 0 Å². The third kappa shape index (κ3) is 2.01. The van der Waals surface area contributed by atoms with Crippen molar-refractivity contribution in [1.82, 2.24) is 0 Å². The molecule has 1 aliphatic rings. The number of hydrogen-bond donors (Lipinski definition) is 1. The third-order valence-electron chi connectivity index (χ3n) is 3.14. The molecular formula is C14H17NO. The molecule has 1 aromatic rings. The Morgan fingerprint density at radius 2 is 2.19 bits per heavy atom. The van der Waals surface area contributed by atoms with Gasteiger partial charge in [0.2, 0.25) is 0 Å². The first-order valence-corrected chi connectivity index (χ1v) is 5.59. The number of ether oxygens (including phenoxy) is 1. The van der Waals surface area contributed by atoms with Gasteiger partial charge >= 0.3 is 0 Å². The van der Waals surface area contributed by atoms with Gasteiger partial charge in [-0.2, -0.15) is 0 Å². The Morgan fingerprint density at radius 1 is 1.38 bits per heavy atom. The van der Waals surface area contributed by atoms with Gasteiger partial charge in [0.15, 0.2) is 0 Å². The first kappa shape index (κ1) is 10.9. The first-order valence-electron chi connectivity index (χ1n) is 5.59. The molecule has 1 aliphatic carbocycles. The van der Waals surface area contributed by atoms with Gasteiger partial charge in [-0.1, -0.05) is 24.3 Å². The fourth-order valence-electron chi connectivity index (χ4n) is 2.26. The number of allylic oxidation sites excluding steroid dienone is 2. The van der Waals surface area contributed by atoms with Gasteiger partial charge in [0.25, 0.3) is 0 Å². The molecule has 0 fully saturated rings. The smallest absolute Gasteiger partial charge is 0.122 e. The zero-order chi connectivity index (χ0) is 11.5. The van der Waals surface area contributed by atoms with Crippen molar-refractivity contribution >= 4 is 5.71 Å². The summed E-state index contributed by atoms with van der Waals surface area (Å²) in [7, 11) is 1.70. The largest absolute Gasteiger partial charge is 0.496 e. The van der Waals surface area contributed by atoms with Gasteiger partial charge in [-0.3, -0.25) is 0 Å². The minimum absolute atomic E-state index is 0.344. The fourth-order valence-corrected chi connectivity index (χ4v) is 2.26. The minimum Gasteiger partial charge on any atom is -0.496 e. The lowest BCUT2D eigenvalue weighted by Gasteiger charge is -2.20. The fraction of sp³-hybridized carbons (Fsp3) is 0.357. The van der Waals surface area contributed by atoms with Crippen LogP contribution in [0.1, 0.15) is 29.9 Å². The van der Waals surface area contributed by atoms with Crippen molar-refractivity contribution in [1.29, 1.82) is 5.41 Å². The van der Waals surface area contributed by atoms with Crippen LogP contribution >= 0.6 is 0 Å². The van der Waals surface area contributed by atoms with E-state index in [0.29, 0.717) is 5.92 Å². The lowest BCUT2D eigenvalue weighted by atomic mass is 9.86. The molecule has 2 nitrogen and oxygen atoms in total. The summed E-state index contributed by atoms with van der Waals surface area (Å²) in [6, 6.07) is 6.13. The van der Waals surface area contributed by atoms with E-state index in [9.17, 15) is 0 Å². The molecule has 1 N–H and O–H groups in total. The maximum atomic E-state index is 7.75. The van der Waals surface area contributed by atoms with E-state index in [4.69, 9.17) is 10.1 Å². The van der Waals surface area contributed by atoms with Crippen molar-refractivity contribution in [2.24, 2.45) is 0 Å². The Balaban J connectivity index is 2.36.